The highest BCUT2D eigenvalue weighted by atomic mass is 19.1. The molecule has 0 spiro atoms. The Balaban J connectivity index is 1.28. The number of carbonyl (C=O) groups is 2. The largest absolute Gasteiger partial charge is 0.352 e. The molecule has 0 bridgehead atoms. The molecule has 3 aliphatic rings. The maximum atomic E-state index is 13.7. The van der Waals surface area contributed by atoms with Crippen molar-refractivity contribution >= 4 is 11.8 Å². The molecule has 1 saturated heterocycles. The number of carbonyl (C=O) groups excluding carboxylic acids is 2. The van der Waals surface area contributed by atoms with Crippen LogP contribution < -0.4 is 10.6 Å². The number of amides is 2. The van der Waals surface area contributed by atoms with Gasteiger partial charge < -0.3 is 20.1 Å². The van der Waals surface area contributed by atoms with Crippen molar-refractivity contribution < 1.29 is 14.0 Å². The highest BCUT2D eigenvalue weighted by Crippen LogP contribution is 2.30. The van der Waals surface area contributed by atoms with E-state index >= 15 is 0 Å². The van der Waals surface area contributed by atoms with Crippen LogP contribution in [0, 0.1) is 11.9 Å². The lowest BCUT2D eigenvalue weighted by Crippen LogP contribution is -2.53. The number of likely N-dealkylation sites (N-methyl/N-ethyl adjacent to an activating group) is 1. The van der Waals surface area contributed by atoms with Gasteiger partial charge >= 0.3 is 0 Å². The first-order chi connectivity index (χ1) is 17.5. The van der Waals surface area contributed by atoms with Crippen molar-refractivity contribution in [3.05, 3.63) is 42.2 Å². The highest BCUT2D eigenvalue weighted by molar-refractivity contribution is 5.95. The minimum Gasteiger partial charge on any atom is -0.352 e. The zero-order chi connectivity index (χ0) is 25.1. The third-order valence-electron chi connectivity index (χ3n) is 8.07. The summed E-state index contributed by atoms with van der Waals surface area (Å²) >= 11 is 0. The molecule has 1 aliphatic carbocycles. The molecule has 2 aliphatic heterocycles. The number of hydrogen-bond acceptors (Lipinski definition) is 5. The molecule has 2 atom stereocenters. The van der Waals surface area contributed by atoms with Crippen LogP contribution in [0.4, 0.5) is 4.39 Å². The van der Waals surface area contributed by atoms with Gasteiger partial charge in [-0.25, -0.2) is 4.98 Å². The van der Waals surface area contributed by atoms with Crippen molar-refractivity contribution in [3.8, 4) is 11.1 Å². The number of aromatic nitrogens is 2. The Hall–Kier alpha value is -2.78. The lowest BCUT2D eigenvalue weighted by Gasteiger charge is -2.38. The molecule has 8 nitrogen and oxygen atoms in total. The maximum absolute atomic E-state index is 13.7. The molecule has 194 valence electrons. The second kappa shape index (κ2) is 11.1. The van der Waals surface area contributed by atoms with Crippen LogP contribution in [-0.2, 0) is 4.79 Å². The van der Waals surface area contributed by atoms with E-state index in [2.05, 4.69) is 32.5 Å². The minimum absolute atomic E-state index is 0.0250. The van der Waals surface area contributed by atoms with E-state index in [0.717, 1.165) is 38.3 Å². The normalized spacial score (nSPS) is 22.6. The number of nitrogens with zero attached hydrogens (tertiary/aromatic N) is 4. The van der Waals surface area contributed by atoms with Crippen LogP contribution in [0.1, 0.15) is 55.1 Å². The van der Waals surface area contributed by atoms with Crippen molar-refractivity contribution in [2.75, 3.05) is 46.3 Å². The van der Waals surface area contributed by atoms with Crippen LogP contribution in [0.2, 0.25) is 0 Å². The fourth-order valence-electron chi connectivity index (χ4n) is 5.91. The Morgan fingerprint density at radius 3 is 2.69 bits per heavy atom. The third kappa shape index (κ3) is 5.78. The van der Waals surface area contributed by atoms with Crippen LogP contribution in [0.5, 0.6) is 0 Å². The van der Waals surface area contributed by atoms with E-state index in [9.17, 15) is 14.0 Å². The maximum Gasteiger partial charge on any atom is 0.268 e. The molecule has 2 aromatic heterocycles. The molecule has 36 heavy (non-hydrogen) atoms. The molecule has 0 aromatic carbocycles. The van der Waals surface area contributed by atoms with Gasteiger partial charge in [-0.2, -0.15) is 4.39 Å². The third-order valence-corrected chi connectivity index (χ3v) is 8.07. The van der Waals surface area contributed by atoms with E-state index < -0.39 is 5.95 Å². The predicted molar refractivity (Wildman–Crippen MR) is 136 cm³/mol. The highest BCUT2D eigenvalue weighted by Gasteiger charge is 2.31. The van der Waals surface area contributed by atoms with Gasteiger partial charge in [-0.15, -0.1) is 0 Å². The Kier molecular flexibility index (Phi) is 7.67. The molecule has 9 heteroatoms. The zero-order valence-electron chi connectivity index (χ0n) is 21.1. The van der Waals surface area contributed by atoms with Gasteiger partial charge in [-0.05, 0) is 43.5 Å². The van der Waals surface area contributed by atoms with Gasteiger partial charge in [-0.1, -0.05) is 19.3 Å². The van der Waals surface area contributed by atoms with E-state index in [1.165, 1.54) is 44.4 Å². The van der Waals surface area contributed by atoms with Gasteiger partial charge in [0.25, 0.3) is 5.91 Å². The van der Waals surface area contributed by atoms with E-state index in [-0.39, 0.29) is 30.3 Å². The zero-order valence-corrected chi connectivity index (χ0v) is 21.1. The van der Waals surface area contributed by atoms with Gasteiger partial charge in [0.1, 0.15) is 5.69 Å². The van der Waals surface area contributed by atoms with E-state index in [1.54, 1.807) is 12.1 Å². The standard InChI is InChI=1S/C27H37FN6O2/c1-32-9-11-33(12-10-32)18-23(19-5-3-2-4-6-19)31-26(35)15-22-16-30-27(36)24-13-21(17-34(22)24)20-7-8-29-25(28)14-20/h7-8,13-14,17,19,22-23H,2-6,9-12,15-16,18H2,1H3,(H,30,36)(H,31,35)/t22-,23-/m1/s1. The van der Waals surface area contributed by atoms with Gasteiger partial charge in [0, 0.05) is 75.8 Å². The molecule has 0 unspecified atom stereocenters. The summed E-state index contributed by atoms with van der Waals surface area (Å²) in [7, 11) is 2.16. The molecule has 2 fully saturated rings. The first kappa shape index (κ1) is 24.9. The number of nitrogens with one attached hydrogen (secondary N) is 2. The molecular weight excluding hydrogens is 459 g/mol. The van der Waals surface area contributed by atoms with Gasteiger partial charge in [-0.3, -0.25) is 14.5 Å². The molecule has 0 radical (unpaired) electrons. The molecule has 2 aromatic rings. The van der Waals surface area contributed by atoms with E-state index in [4.69, 9.17) is 0 Å². The number of pyridine rings is 1. The molecule has 1 saturated carbocycles. The number of rotatable bonds is 7. The minimum atomic E-state index is -0.564. The fourth-order valence-corrected chi connectivity index (χ4v) is 5.91. The molecule has 5 rings (SSSR count). The summed E-state index contributed by atoms with van der Waals surface area (Å²) in [6, 6.07) is 4.80. The molecular formula is C27H37FN6O2. The van der Waals surface area contributed by atoms with Gasteiger partial charge in [0.2, 0.25) is 11.9 Å². The summed E-state index contributed by atoms with van der Waals surface area (Å²) in [6.07, 6.45) is 9.66. The SMILES string of the molecule is CN1CCN(C[C@@H](NC(=O)C[C@@H]2CNC(=O)c3cc(-c4ccnc(F)c4)cn32)C2CCCCC2)CC1. The van der Waals surface area contributed by atoms with E-state index in [0.29, 0.717) is 23.7 Å². The number of piperazine rings is 1. The van der Waals surface area contributed by atoms with Crippen LogP contribution in [0.3, 0.4) is 0 Å². The monoisotopic (exact) mass is 496 g/mol. The van der Waals surface area contributed by atoms with E-state index in [1.807, 2.05) is 10.8 Å². The van der Waals surface area contributed by atoms with Crippen molar-refractivity contribution in [2.24, 2.45) is 5.92 Å². The summed E-state index contributed by atoms with van der Waals surface area (Å²) in [5.74, 6) is -0.200. The lowest BCUT2D eigenvalue weighted by atomic mass is 9.83. The average molecular weight is 497 g/mol. The quantitative estimate of drug-likeness (QED) is 0.576. The first-order valence-electron chi connectivity index (χ1n) is 13.3. The Morgan fingerprint density at radius 2 is 1.94 bits per heavy atom. The fraction of sp³-hybridized carbons (Fsp3) is 0.593. The smallest absolute Gasteiger partial charge is 0.268 e. The summed E-state index contributed by atoms with van der Waals surface area (Å²) in [5, 5.41) is 6.32. The molecule has 2 N–H and O–H groups in total. The van der Waals surface area contributed by atoms with Crippen LogP contribution in [0.15, 0.2) is 30.6 Å². The number of hydrogen-bond donors (Lipinski definition) is 2. The molecule has 4 heterocycles. The summed E-state index contributed by atoms with van der Waals surface area (Å²) < 4.78 is 15.5. The first-order valence-corrected chi connectivity index (χ1v) is 13.3. The summed E-state index contributed by atoms with van der Waals surface area (Å²) in [4.78, 5) is 34.3. The van der Waals surface area contributed by atoms with Crippen LogP contribution in [0.25, 0.3) is 11.1 Å². The summed E-state index contributed by atoms with van der Waals surface area (Å²) in [5.41, 5.74) is 1.89. The van der Waals surface area contributed by atoms with Crippen molar-refractivity contribution in [3.63, 3.8) is 0 Å². The Labute approximate surface area is 212 Å². The number of halogens is 1. The summed E-state index contributed by atoms with van der Waals surface area (Å²) in [6.45, 7) is 5.49. The van der Waals surface area contributed by atoms with Gasteiger partial charge in [0.05, 0.1) is 6.04 Å². The Morgan fingerprint density at radius 1 is 1.17 bits per heavy atom. The predicted octanol–water partition coefficient (Wildman–Crippen LogP) is 2.68. The second-order valence-electron chi connectivity index (χ2n) is 10.6. The van der Waals surface area contributed by atoms with Crippen LogP contribution >= 0.6 is 0 Å². The second-order valence-corrected chi connectivity index (χ2v) is 10.6. The molecule has 2 amide bonds. The van der Waals surface area contributed by atoms with Gasteiger partial charge in [0.15, 0.2) is 0 Å². The van der Waals surface area contributed by atoms with Crippen molar-refractivity contribution in [2.45, 2.75) is 50.6 Å². The lowest BCUT2D eigenvalue weighted by molar-refractivity contribution is -0.123. The Bertz CT molecular complexity index is 1070. The van der Waals surface area contributed by atoms with Crippen molar-refractivity contribution in [1.82, 2.24) is 30.0 Å². The topological polar surface area (TPSA) is 82.5 Å². The average Bonchev–Trinajstić information content (AvgIpc) is 3.34. The number of fused-ring (bicyclic) bond motifs is 1. The van der Waals surface area contributed by atoms with Crippen LogP contribution in [-0.4, -0.2) is 83.5 Å². The van der Waals surface area contributed by atoms with Crippen molar-refractivity contribution in [1.29, 1.82) is 0 Å².